The van der Waals surface area contributed by atoms with Gasteiger partial charge in [0.25, 0.3) is 0 Å². The Balaban J connectivity index is 1.87. The minimum Gasteiger partial charge on any atom is -0.469 e. The summed E-state index contributed by atoms with van der Waals surface area (Å²) in [6.45, 7) is 1.27. The summed E-state index contributed by atoms with van der Waals surface area (Å²) in [4.78, 5) is 25.9. The third-order valence-corrected chi connectivity index (χ3v) is 4.49. The zero-order chi connectivity index (χ0) is 13.7. The van der Waals surface area contributed by atoms with Gasteiger partial charge in [0.2, 0.25) is 5.91 Å². The quantitative estimate of drug-likeness (QED) is 0.722. The highest BCUT2D eigenvalue weighted by atomic mass is 16.5. The van der Waals surface area contributed by atoms with Crippen LogP contribution >= 0.6 is 0 Å². The van der Waals surface area contributed by atoms with E-state index in [-0.39, 0.29) is 23.7 Å². The number of hydrogen-bond donors (Lipinski definition) is 0. The zero-order valence-corrected chi connectivity index (χ0v) is 11.9. The smallest absolute Gasteiger partial charge is 0.310 e. The van der Waals surface area contributed by atoms with E-state index in [1.807, 2.05) is 4.90 Å². The monoisotopic (exact) mass is 267 g/mol. The fraction of sp³-hybridized carbons (Fsp3) is 0.867. The van der Waals surface area contributed by atoms with Gasteiger partial charge in [-0.3, -0.25) is 9.59 Å². The van der Waals surface area contributed by atoms with Crippen LogP contribution in [0.5, 0.6) is 0 Å². The highest BCUT2D eigenvalue weighted by Crippen LogP contribution is 2.27. The summed E-state index contributed by atoms with van der Waals surface area (Å²) in [5, 5.41) is 0. The van der Waals surface area contributed by atoms with E-state index in [4.69, 9.17) is 4.74 Å². The lowest BCUT2D eigenvalue weighted by Crippen LogP contribution is -2.35. The van der Waals surface area contributed by atoms with Gasteiger partial charge in [-0.2, -0.15) is 0 Å². The number of nitrogens with zero attached hydrogens (tertiary/aromatic N) is 1. The van der Waals surface area contributed by atoms with Crippen molar-refractivity contribution in [3.8, 4) is 0 Å². The van der Waals surface area contributed by atoms with Gasteiger partial charge in [-0.05, 0) is 19.3 Å². The van der Waals surface area contributed by atoms with Crippen LogP contribution in [0, 0.1) is 11.8 Å². The van der Waals surface area contributed by atoms with Crippen molar-refractivity contribution in [2.75, 3.05) is 20.2 Å². The Morgan fingerprint density at radius 1 is 0.947 bits per heavy atom. The summed E-state index contributed by atoms with van der Waals surface area (Å²) in [5.41, 5.74) is 0. The van der Waals surface area contributed by atoms with Crippen molar-refractivity contribution >= 4 is 11.9 Å². The van der Waals surface area contributed by atoms with E-state index >= 15 is 0 Å². The van der Waals surface area contributed by atoms with E-state index in [1.165, 1.54) is 39.2 Å². The molecule has 2 fully saturated rings. The molecule has 4 nitrogen and oxygen atoms in total. The molecule has 0 aromatic rings. The Hall–Kier alpha value is -1.06. The minimum atomic E-state index is -0.173. The molecule has 2 rings (SSSR count). The molecule has 1 aliphatic carbocycles. The SMILES string of the molecule is COC(=O)C1CCN(C(=O)C2CCCCCCC2)C1. The largest absolute Gasteiger partial charge is 0.469 e. The van der Waals surface area contributed by atoms with Crippen molar-refractivity contribution in [3.63, 3.8) is 0 Å². The van der Waals surface area contributed by atoms with Gasteiger partial charge in [0.1, 0.15) is 0 Å². The van der Waals surface area contributed by atoms with Gasteiger partial charge in [-0.15, -0.1) is 0 Å². The molecule has 0 N–H and O–H groups in total. The van der Waals surface area contributed by atoms with Gasteiger partial charge in [-0.25, -0.2) is 0 Å². The fourth-order valence-corrected chi connectivity index (χ4v) is 3.28. The lowest BCUT2D eigenvalue weighted by molar-refractivity contribution is -0.145. The fourth-order valence-electron chi connectivity index (χ4n) is 3.28. The predicted molar refractivity (Wildman–Crippen MR) is 72.5 cm³/mol. The van der Waals surface area contributed by atoms with E-state index in [0.717, 1.165) is 25.8 Å². The second kappa shape index (κ2) is 6.92. The predicted octanol–water partition coefficient (Wildman–Crippen LogP) is 2.37. The Labute approximate surface area is 115 Å². The second-order valence-corrected chi connectivity index (χ2v) is 5.84. The van der Waals surface area contributed by atoms with Crippen LogP contribution in [0.3, 0.4) is 0 Å². The molecule has 0 spiro atoms. The zero-order valence-electron chi connectivity index (χ0n) is 11.9. The molecule has 0 radical (unpaired) electrons. The molecule has 19 heavy (non-hydrogen) atoms. The number of hydrogen-bond acceptors (Lipinski definition) is 3. The molecule has 0 bridgehead atoms. The Bertz CT molecular complexity index is 321. The van der Waals surface area contributed by atoms with Crippen molar-refractivity contribution in [3.05, 3.63) is 0 Å². The first-order chi connectivity index (χ1) is 9.22. The molecule has 1 aliphatic heterocycles. The molecule has 1 atom stereocenters. The summed E-state index contributed by atoms with van der Waals surface area (Å²) in [6, 6.07) is 0. The molecule has 1 saturated carbocycles. The lowest BCUT2D eigenvalue weighted by Gasteiger charge is -2.24. The molecule has 1 unspecified atom stereocenters. The van der Waals surface area contributed by atoms with Gasteiger partial charge in [0.05, 0.1) is 13.0 Å². The van der Waals surface area contributed by atoms with Crippen LogP contribution in [0.15, 0.2) is 0 Å². The minimum absolute atomic E-state index is 0.109. The molecule has 108 valence electrons. The standard InChI is InChI=1S/C15H25NO3/c1-19-15(18)13-9-10-16(11-13)14(17)12-7-5-3-2-4-6-8-12/h12-13H,2-11H2,1H3. The van der Waals surface area contributed by atoms with Crippen LogP contribution in [0.1, 0.15) is 51.4 Å². The Morgan fingerprint density at radius 2 is 1.58 bits per heavy atom. The van der Waals surface area contributed by atoms with Crippen molar-refractivity contribution in [1.82, 2.24) is 4.90 Å². The Kier molecular flexibility index (Phi) is 5.23. The summed E-state index contributed by atoms with van der Waals surface area (Å²) >= 11 is 0. The third kappa shape index (κ3) is 3.71. The summed E-state index contributed by atoms with van der Waals surface area (Å²) in [7, 11) is 1.42. The number of carbonyl (C=O) groups is 2. The number of methoxy groups -OCH3 is 1. The first kappa shape index (κ1) is 14.4. The van der Waals surface area contributed by atoms with Crippen LogP contribution in [0.25, 0.3) is 0 Å². The van der Waals surface area contributed by atoms with Crippen LogP contribution in [-0.2, 0) is 14.3 Å². The average Bonchev–Trinajstić information content (AvgIpc) is 2.86. The summed E-state index contributed by atoms with van der Waals surface area (Å²) in [6.07, 6.45) is 8.98. The van der Waals surface area contributed by atoms with E-state index in [1.54, 1.807) is 0 Å². The molecule has 1 amide bonds. The average molecular weight is 267 g/mol. The summed E-state index contributed by atoms with van der Waals surface area (Å²) in [5.74, 6) is 0.181. The van der Waals surface area contributed by atoms with Crippen LogP contribution < -0.4 is 0 Å². The normalized spacial score (nSPS) is 25.7. The third-order valence-electron chi connectivity index (χ3n) is 4.49. The number of amides is 1. The highest BCUT2D eigenvalue weighted by Gasteiger charge is 2.34. The molecule has 1 saturated heterocycles. The maximum Gasteiger partial charge on any atom is 0.310 e. The molecular formula is C15H25NO3. The van der Waals surface area contributed by atoms with Crippen molar-refractivity contribution in [2.45, 2.75) is 51.4 Å². The van der Waals surface area contributed by atoms with Gasteiger partial charge >= 0.3 is 5.97 Å². The first-order valence-corrected chi connectivity index (χ1v) is 7.59. The number of carbonyl (C=O) groups excluding carboxylic acids is 2. The van der Waals surface area contributed by atoms with E-state index in [2.05, 4.69) is 0 Å². The van der Waals surface area contributed by atoms with Gasteiger partial charge < -0.3 is 9.64 Å². The molecule has 2 aliphatic rings. The van der Waals surface area contributed by atoms with Gasteiger partial charge in [0, 0.05) is 19.0 Å². The van der Waals surface area contributed by atoms with Crippen LogP contribution in [0.4, 0.5) is 0 Å². The summed E-state index contributed by atoms with van der Waals surface area (Å²) < 4.78 is 4.77. The molecular weight excluding hydrogens is 242 g/mol. The topological polar surface area (TPSA) is 46.6 Å². The Morgan fingerprint density at radius 3 is 2.21 bits per heavy atom. The number of likely N-dealkylation sites (tertiary alicyclic amines) is 1. The number of rotatable bonds is 2. The maximum absolute atomic E-state index is 12.5. The maximum atomic E-state index is 12.5. The first-order valence-electron chi connectivity index (χ1n) is 7.59. The number of ether oxygens (including phenoxy) is 1. The van der Waals surface area contributed by atoms with E-state index in [9.17, 15) is 9.59 Å². The molecule has 0 aromatic heterocycles. The second-order valence-electron chi connectivity index (χ2n) is 5.84. The molecule has 4 heteroatoms. The van der Waals surface area contributed by atoms with Crippen LogP contribution in [0.2, 0.25) is 0 Å². The van der Waals surface area contributed by atoms with Crippen molar-refractivity contribution in [1.29, 1.82) is 0 Å². The van der Waals surface area contributed by atoms with Gasteiger partial charge in [-0.1, -0.05) is 32.1 Å². The van der Waals surface area contributed by atoms with Crippen molar-refractivity contribution in [2.24, 2.45) is 11.8 Å². The highest BCUT2D eigenvalue weighted by molar-refractivity contribution is 5.81. The lowest BCUT2D eigenvalue weighted by atomic mass is 9.90. The number of esters is 1. The van der Waals surface area contributed by atoms with E-state index < -0.39 is 0 Å². The van der Waals surface area contributed by atoms with E-state index in [0.29, 0.717) is 6.54 Å². The van der Waals surface area contributed by atoms with Crippen LogP contribution in [-0.4, -0.2) is 37.0 Å². The van der Waals surface area contributed by atoms with Crippen molar-refractivity contribution < 1.29 is 14.3 Å². The molecule has 1 heterocycles. The molecule has 0 aromatic carbocycles. The van der Waals surface area contributed by atoms with Gasteiger partial charge in [0.15, 0.2) is 0 Å².